The number of benzene rings is 1. The summed E-state index contributed by atoms with van der Waals surface area (Å²) in [4.78, 5) is 0. The molecule has 0 spiro atoms. The van der Waals surface area contributed by atoms with Gasteiger partial charge in [0, 0.05) is 0 Å². The first-order valence-electron chi connectivity index (χ1n) is 10.7. The van der Waals surface area contributed by atoms with Gasteiger partial charge in [-0.15, -0.1) is 0 Å². The van der Waals surface area contributed by atoms with E-state index in [1.54, 1.807) is 0 Å². The molecular weight excluding hydrogens is 312 g/mol. The average Bonchev–Trinajstić information content (AvgIpc) is 2.67. The first kappa shape index (κ1) is 20.6. The molecular formula is C26H36. The van der Waals surface area contributed by atoms with Crippen LogP contribution in [0.4, 0.5) is 0 Å². The number of unbranched alkanes of at least 4 members (excludes halogenated alkanes) is 2. The smallest absolute Gasteiger partial charge is 0.0109 e. The van der Waals surface area contributed by atoms with Crippen molar-refractivity contribution in [2.75, 3.05) is 0 Å². The van der Waals surface area contributed by atoms with E-state index in [1.165, 1.54) is 68.9 Å². The SMILES string of the molecule is CCCCCC1CCC(C=CC#CC=Cc2ccc(CCC)cc2)CC1. The Kier molecular flexibility index (Phi) is 9.96. The van der Waals surface area contributed by atoms with E-state index in [9.17, 15) is 0 Å². The van der Waals surface area contributed by atoms with Gasteiger partial charge in [-0.25, -0.2) is 0 Å². The molecule has 1 aliphatic carbocycles. The Bertz CT molecular complexity index is 598. The molecule has 2 rings (SSSR count). The zero-order valence-corrected chi connectivity index (χ0v) is 16.8. The zero-order chi connectivity index (χ0) is 18.5. The molecule has 0 atom stereocenters. The molecule has 0 unspecified atom stereocenters. The summed E-state index contributed by atoms with van der Waals surface area (Å²) in [5.74, 6) is 8.05. The van der Waals surface area contributed by atoms with Crippen LogP contribution in [0.25, 0.3) is 6.08 Å². The maximum absolute atomic E-state index is 3.17. The van der Waals surface area contributed by atoms with E-state index >= 15 is 0 Å². The number of rotatable bonds is 8. The molecule has 1 aliphatic rings. The molecule has 1 fully saturated rings. The van der Waals surface area contributed by atoms with Gasteiger partial charge in [0.25, 0.3) is 0 Å². The number of aryl methyl sites for hydroxylation is 1. The van der Waals surface area contributed by atoms with E-state index in [-0.39, 0.29) is 0 Å². The Hall–Kier alpha value is -1.74. The molecule has 0 nitrogen and oxygen atoms in total. The van der Waals surface area contributed by atoms with Crippen LogP contribution in [0.2, 0.25) is 0 Å². The van der Waals surface area contributed by atoms with E-state index in [0.717, 1.165) is 18.3 Å². The van der Waals surface area contributed by atoms with Gasteiger partial charge in [0.15, 0.2) is 0 Å². The minimum absolute atomic E-state index is 0.752. The molecule has 0 saturated heterocycles. The number of allylic oxidation sites excluding steroid dienone is 3. The van der Waals surface area contributed by atoms with Crippen LogP contribution in [0.15, 0.2) is 42.5 Å². The Morgan fingerprint density at radius 1 is 0.885 bits per heavy atom. The van der Waals surface area contributed by atoms with Gasteiger partial charge >= 0.3 is 0 Å². The number of hydrogen-bond acceptors (Lipinski definition) is 0. The lowest BCUT2D eigenvalue weighted by Gasteiger charge is -2.26. The molecule has 140 valence electrons. The summed E-state index contributed by atoms with van der Waals surface area (Å²) in [5, 5.41) is 0. The van der Waals surface area contributed by atoms with E-state index in [1.807, 2.05) is 6.08 Å². The quantitative estimate of drug-likeness (QED) is 0.335. The fourth-order valence-electron chi connectivity index (χ4n) is 3.85. The van der Waals surface area contributed by atoms with Crippen LogP contribution < -0.4 is 0 Å². The second kappa shape index (κ2) is 12.6. The second-order valence-electron chi connectivity index (χ2n) is 7.75. The largest absolute Gasteiger partial charge is 0.0730 e. The third kappa shape index (κ3) is 8.09. The van der Waals surface area contributed by atoms with Crippen LogP contribution in [0.1, 0.15) is 82.8 Å². The van der Waals surface area contributed by atoms with Gasteiger partial charge in [-0.3, -0.25) is 0 Å². The second-order valence-corrected chi connectivity index (χ2v) is 7.75. The van der Waals surface area contributed by atoms with Gasteiger partial charge in [0.05, 0.1) is 0 Å². The topological polar surface area (TPSA) is 0 Å². The first-order chi connectivity index (χ1) is 12.8. The summed E-state index contributed by atoms with van der Waals surface area (Å²) < 4.78 is 0. The normalized spacial score (nSPS) is 20.4. The Morgan fingerprint density at radius 2 is 1.62 bits per heavy atom. The lowest BCUT2D eigenvalue weighted by atomic mass is 9.79. The molecule has 0 aliphatic heterocycles. The van der Waals surface area contributed by atoms with Crippen LogP contribution in [0.5, 0.6) is 0 Å². The van der Waals surface area contributed by atoms with Crippen molar-refractivity contribution in [2.24, 2.45) is 11.8 Å². The lowest BCUT2D eigenvalue weighted by Crippen LogP contribution is -2.12. The van der Waals surface area contributed by atoms with E-state index < -0.39 is 0 Å². The molecule has 0 radical (unpaired) electrons. The average molecular weight is 349 g/mol. The predicted molar refractivity (Wildman–Crippen MR) is 116 cm³/mol. The van der Waals surface area contributed by atoms with Crippen molar-refractivity contribution in [3.8, 4) is 11.8 Å². The Labute approximate surface area is 161 Å². The molecule has 0 heterocycles. The Morgan fingerprint density at radius 3 is 2.31 bits per heavy atom. The van der Waals surface area contributed by atoms with Gasteiger partial charge < -0.3 is 0 Å². The fourth-order valence-corrected chi connectivity index (χ4v) is 3.85. The molecule has 1 aromatic rings. The van der Waals surface area contributed by atoms with Gasteiger partial charge in [-0.2, -0.15) is 0 Å². The van der Waals surface area contributed by atoms with Crippen molar-refractivity contribution in [2.45, 2.75) is 78.1 Å². The molecule has 0 heteroatoms. The number of hydrogen-bond donors (Lipinski definition) is 0. The van der Waals surface area contributed by atoms with Crippen LogP contribution in [0.3, 0.4) is 0 Å². The van der Waals surface area contributed by atoms with Crippen LogP contribution in [0, 0.1) is 23.7 Å². The summed E-state index contributed by atoms with van der Waals surface area (Å²) in [7, 11) is 0. The van der Waals surface area contributed by atoms with Crippen molar-refractivity contribution < 1.29 is 0 Å². The predicted octanol–water partition coefficient (Wildman–Crippen LogP) is 7.60. The monoisotopic (exact) mass is 348 g/mol. The highest BCUT2D eigenvalue weighted by atomic mass is 14.2. The van der Waals surface area contributed by atoms with Crippen LogP contribution in [-0.4, -0.2) is 0 Å². The summed E-state index contributed by atoms with van der Waals surface area (Å²) >= 11 is 0. The molecule has 0 amide bonds. The van der Waals surface area contributed by atoms with Crippen molar-refractivity contribution >= 4 is 6.08 Å². The standard InChI is InChI=1S/C26H36/c1-3-5-8-12-24-19-21-26(22-20-24)14-10-7-6-9-13-25-17-15-23(11-4-2)16-18-25/h9-10,13-18,24,26H,3-5,8,11-12,19-22H2,1-2H3. The lowest BCUT2D eigenvalue weighted by molar-refractivity contribution is 0.289. The maximum atomic E-state index is 3.17. The van der Waals surface area contributed by atoms with Gasteiger partial charge in [-0.1, -0.05) is 88.1 Å². The fraction of sp³-hybridized carbons (Fsp3) is 0.538. The highest BCUT2D eigenvalue weighted by Crippen LogP contribution is 2.32. The summed E-state index contributed by atoms with van der Waals surface area (Å²) in [6.07, 6.45) is 22.0. The first-order valence-corrected chi connectivity index (χ1v) is 10.7. The molecule has 0 N–H and O–H groups in total. The minimum atomic E-state index is 0.752. The summed E-state index contributed by atoms with van der Waals surface area (Å²) in [6.45, 7) is 4.51. The molecule has 0 bridgehead atoms. The third-order valence-electron chi connectivity index (χ3n) is 5.52. The van der Waals surface area contributed by atoms with Gasteiger partial charge in [0.2, 0.25) is 0 Å². The highest BCUT2D eigenvalue weighted by molar-refractivity contribution is 5.53. The zero-order valence-electron chi connectivity index (χ0n) is 16.8. The van der Waals surface area contributed by atoms with Gasteiger partial charge in [0.1, 0.15) is 0 Å². The third-order valence-corrected chi connectivity index (χ3v) is 5.52. The highest BCUT2D eigenvalue weighted by Gasteiger charge is 2.18. The van der Waals surface area contributed by atoms with Crippen LogP contribution >= 0.6 is 0 Å². The van der Waals surface area contributed by atoms with E-state index in [4.69, 9.17) is 0 Å². The summed E-state index contributed by atoms with van der Waals surface area (Å²) in [5.41, 5.74) is 2.64. The Balaban J connectivity index is 1.67. The van der Waals surface area contributed by atoms with E-state index in [2.05, 4.69) is 68.2 Å². The van der Waals surface area contributed by atoms with Crippen molar-refractivity contribution in [1.29, 1.82) is 0 Å². The maximum Gasteiger partial charge on any atom is -0.0109 e. The van der Waals surface area contributed by atoms with E-state index in [0.29, 0.717) is 0 Å². The summed E-state index contributed by atoms with van der Waals surface area (Å²) in [6, 6.07) is 8.79. The van der Waals surface area contributed by atoms with Crippen molar-refractivity contribution in [1.82, 2.24) is 0 Å². The van der Waals surface area contributed by atoms with Gasteiger partial charge in [-0.05, 0) is 73.3 Å². The minimum Gasteiger partial charge on any atom is -0.0730 e. The van der Waals surface area contributed by atoms with Crippen molar-refractivity contribution in [3.05, 3.63) is 53.6 Å². The molecule has 1 aromatic carbocycles. The van der Waals surface area contributed by atoms with Crippen LogP contribution in [-0.2, 0) is 6.42 Å². The molecule has 1 saturated carbocycles. The molecule has 26 heavy (non-hydrogen) atoms. The molecule has 0 aromatic heterocycles. The van der Waals surface area contributed by atoms with Crippen molar-refractivity contribution in [3.63, 3.8) is 0 Å².